The summed E-state index contributed by atoms with van der Waals surface area (Å²) in [6, 6.07) is 7.02. The molecule has 1 N–H and O–H groups in total. The van der Waals surface area contributed by atoms with Gasteiger partial charge in [0.2, 0.25) is 0 Å². The van der Waals surface area contributed by atoms with Crippen molar-refractivity contribution >= 4 is 17.6 Å². The van der Waals surface area contributed by atoms with Crippen LogP contribution in [0.5, 0.6) is 0 Å². The summed E-state index contributed by atoms with van der Waals surface area (Å²) in [6.07, 6.45) is 0.939. The first-order valence-electron chi connectivity index (χ1n) is 5.67. The molecule has 0 aromatic heterocycles. The summed E-state index contributed by atoms with van der Waals surface area (Å²) in [5, 5.41) is 3.84. The molecule has 0 saturated heterocycles. The Bertz CT molecular complexity index is 381. The van der Waals surface area contributed by atoms with Crippen LogP contribution < -0.4 is 5.32 Å². The number of nitrogens with one attached hydrogen (secondary N) is 1. The Balaban J connectivity index is 2.93. The third-order valence-corrected chi connectivity index (χ3v) is 2.92. The fourth-order valence-electron chi connectivity index (χ4n) is 1.51. The van der Waals surface area contributed by atoms with E-state index in [9.17, 15) is 4.79 Å². The Morgan fingerprint density at radius 3 is 2.76 bits per heavy atom. The van der Waals surface area contributed by atoms with Crippen molar-refractivity contribution in [2.75, 3.05) is 7.11 Å². The molecule has 17 heavy (non-hydrogen) atoms. The molecule has 0 fully saturated rings. The van der Waals surface area contributed by atoms with Gasteiger partial charge in [0.25, 0.3) is 0 Å². The first-order chi connectivity index (χ1) is 8.08. The molecule has 0 bridgehead atoms. The maximum Gasteiger partial charge on any atom is 0.327 e. The molecule has 0 amide bonds. The van der Waals surface area contributed by atoms with Gasteiger partial charge in [0.05, 0.1) is 7.11 Å². The second-order valence-corrected chi connectivity index (χ2v) is 4.42. The number of carbonyl (C=O) groups excluding carboxylic acids is 1. The zero-order valence-corrected chi connectivity index (χ0v) is 11.1. The highest BCUT2D eigenvalue weighted by Gasteiger charge is 2.22. The van der Waals surface area contributed by atoms with Gasteiger partial charge >= 0.3 is 5.97 Å². The third kappa shape index (κ3) is 4.02. The van der Waals surface area contributed by atoms with E-state index in [1.165, 1.54) is 7.11 Å². The molecule has 3 nitrogen and oxygen atoms in total. The number of ether oxygens (including phenoxy) is 1. The normalized spacial score (nSPS) is 14.1. The van der Waals surface area contributed by atoms with Crippen LogP contribution in [-0.4, -0.2) is 19.1 Å². The maximum atomic E-state index is 11.7. The van der Waals surface area contributed by atoms with Crippen LogP contribution in [-0.2, 0) is 9.53 Å². The van der Waals surface area contributed by atoms with Crippen molar-refractivity contribution in [3.63, 3.8) is 0 Å². The van der Waals surface area contributed by atoms with Crippen LogP contribution in [0.2, 0.25) is 5.02 Å². The average Bonchev–Trinajstić information content (AvgIpc) is 2.34. The molecule has 94 valence electrons. The molecule has 4 heteroatoms. The maximum absolute atomic E-state index is 11.7. The number of halogens is 1. The molecule has 1 aromatic rings. The molecule has 0 saturated carbocycles. The predicted molar refractivity (Wildman–Crippen MR) is 69.1 cm³/mol. The summed E-state index contributed by atoms with van der Waals surface area (Å²) in [7, 11) is 1.39. The van der Waals surface area contributed by atoms with Gasteiger partial charge in [-0.1, -0.05) is 30.7 Å². The van der Waals surface area contributed by atoms with Gasteiger partial charge in [-0.3, -0.25) is 5.32 Å². The minimum Gasteiger partial charge on any atom is -0.468 e. The molecular formula is C13H18ClNO2. The molecule has 0 aliphatic carbocycles. The summed E-state index contributed by atoms with van der Waals surface area (Å²) < 4.78 is 4.81. The SMILES string of the molecule is CCC(C)NC(C(=O)OC)c1cccc(Cl)c1. The van der Waals surface area contributed by atoms with Gasteiger partial charge in [0, 0.05) is 11.1 Å². The summed E-state index contributed by atoms with van der Waals surface area (Å²) >= 11 is 5.93. The lowest BCUT2D eigenvalue weighted by Gasteiger charge is -2.21. The molecular weight excluding hydrogens is 238 g/mol. The van der Waals surface area contributed by atoms with Gasteiger partial charge in [0.15, 0.2) is 0 Å². The number of rotatable bonds is 5. The van der Waals surface area contributed by atoms with E-state index in [1.807, 2.05) is 19.1 Å². The number of esters is 1. The molecule has 2 atom stereocenters. The molecule has 0 radical (unpaired) electrons. The smallest absolute Gasteiger partial charge is 0.327 e. The zero-order valence-electron chi connectivity index (χ0n) is 10.4. The Kier molecular flexibility index (Phi) is 5.45. The standard InChI is InChI=1S/C13H18ClNO2/c1-4-9(2)15-12(13(16)17-3)10-6-5-7-11(14)8-10/h5-9,12,15H,4H2,1-3H3. The highest BCUT2D eigenvalue weighted by Crippen LogP contribution is 2.19. The van der Waals surface area contributed by atoms with Crippen LogP contribution >= 0.6 is 11.6 Å². The molecule has 0 aliphatic rings. The fourth-order valence-corrected chi connectivity index (χ4v) is 1.71. The highest BCUT2D eigenvalue weighted by atomic mass is 35.5. The largest absolute Gasteiger partial charge is 0.468 e. The molecule has 0 aliphatic heterocycles. The van der Waals surface area contributed by atoms with Crippen molar-refractivity contribution in [1.29, 1.82) is 0 Å². The van der Waals surface area contributed by atoms with E-state index >= 15 is 0 Å². The van der Waals surface area contributed by atoms with Crippen molar-refractivity contribution in [1.82, 2.24) is 5.32 Å². The molecule has 0 heterocycles. The van der Waals surface area contributed by atoms with Gasteiger partial charge in [-0.15, -0.1) is 0 Å². The number of hydrogen-bond donors (Lipinski definition) is 1. The second-order valence-electron chi connectivity index (χ2n) is 3.99. The Labute approximate surface area is 107 Å². The van der Waals surface area contributed by atoms with Gasteiger partial charge in [-0.05, 0) is 31.0 Å². The first-order valence-corrected chi connectivity index (χ1v) is 6.05. The number of methoxy groups -OCH3 is 1. The predicted octanol–water partition coefficient (Wildman–Crippen LogP) is 2.94. The second kappa shape index (κ2) is 6.62. The zero-order chi connectivity index (χ0) is 12.8. The topological polar surface area (TPSA) is 38.3 Å². The fraction of sp³-hybridized carbons (Fsp3) is 0.462. The van der Waals surface area contributed by atoms with Gasteiger partial charge in [-0.2, -0.15) is 0 Å². The lowest BCUT2D eigenvalue weighted by atomic mass is 10.1. The summed E-state index contributed by atoms with van der Waals surface area (Å²) in [4.78, 5) is 11.7. The lowest BCUT2D eigenvalue weighted by molar-refractivity contribution is -0.143. The van der Waals surface area contributed by atoms with E-state index in [0.29, 0.717) is 5.02 Å². The Morgan fingerprint density at radius 2 is 2.24 bits per heavy atom. The number of benzene rings is 1. The minimum atomic E-state index is -0.464. The van der Waals surface area contributed by atoms with Crippen LogP contribution in [0.3, 0.4) is 0 Å². The van der Waals surface area contributed by atoms with Crippen molar-refractivity contribution in [2.24, 2.45) is 0 Å². The van der Waals surface area contributed by atoms with E-state index in [1.54, 1.807) is 12.1 Å². The molecule has 0 spiro atoms. The Hall–Kier alpha value is -1.06. The van der Waals surface area contributed by atoms with Crippen LogP contribution in [0.25, 0.3) is 0 Å². The summed E-state index contributed by atoms with van der Waals surface area (Å²) in [5.41, 5.74) is 0.824. The van der Waals surface area contributed by atoms with E-state index in [2.05, 4.69) is 12.2 Å². The summed E-state index contributed by atoms with van der Waals surface area (Å²) in [6.45, 7) is 4.09. The van der Waals surface area contributed by atoms with Gasteiger partial charge < -0.3 is 4.74 Å². The van der Waals surface area contributed by atoms with Gasteiger partial charge in [-0.25, -0.2) is 4.79 Å². The molecule has 1 aromatic carbocycles. The third-order valence-electron chi connectivity index (χ3n) is 2.68. The van der Waals surface area contributed by atoms with Crippen molar-refractivity contribution in [3.05, 3.63) is 34.9 Å². The van der Waals surface area contributed by atoms with Crippen LogP contribution in [0.15, 0.2) is 24.3 Å². The van der Waals surface area contributed by atoms with E-state index in [0.717, 1.165) is 12.0 Å². The van der Waals surface area contributed by atoms with Crippen molar-refractivity contribution in [3.8, 4) is 0 Å². The van der Waals surface area contributed by atoms with Crippen LogP contribution in [0.4, 0.5) is 0 Å². The quantitative estimate of drug-likeness (QED) is 0.822. The molecule has 1 rings (SSSR count). The molecule has 2 unspecified atom stereocenters. The Morgan fingerprint density at radius 1 is 1.53 bits per heavy atom. The van der Waals surface area contributed by atoms with Crippen LogP contribution in [0, 0.1) is 0 Å². The average molecular weight is 256 g/mol. The monoisotopic (exact) mass is 255 g/mol. The summed E-state index contributed by atoms with van der Waals surface area (Å²) in [5.74, 6) is -0.299. The van der Waals surface area contributed by atoms with Gasteiger partial charge in [0.1, 0.15) is 6.04 Å². The lowest BCUT2D eigenvalue weighted by Crippen LogP contribution is -2.35. The van der Waals surface area contributed by atoms with Crippen LogP contribution in [0.1, 0.15) is 31.9 Å². The van der Waals surface area contributed by atoms with E-state index in [-0.39, 0.29) is 12.0 Å². The number of hydrogen-bond acceptors (Lipinski definition) is 3. The van der Waals surface area contributed by atoms with Crippen molar-refractivity contribution in [2.45, 2.75) is 32.4 Å². The van der Waals surface area contributed by atoms with E-state index in [4.69, 9.17) is 16.3 Å². The minimum absolute atomic E-state index is 0.234. The first kappa shape index (κ1) is 14.0. The van der Waals surface area contributed by atoms with E-state index < -0.39 is 6.04 Å². The van der Waals surface area contributed by atoms with Crippen molar-refractivity contribution < 1.29 is 9.53 Å². The highest BCUT2D eigenvalue weighted by molar-refractivity contribution is 6.30. The number of carbonyl (C=O) groups is 1.